The number of fused-ring (bicyclic) bond motifs is 1. The molecule has 1 saturated heterocycles. The summed E-state index contributed by atoms with van der Waals surface area (Å²) in [5.41, 5.74) is 6.01. The molecule has 4 N–H and O–H groups in total. The number of rotatable bonds is 12. The number of aliphatic hydroxyl groups is 1. The molecule has 1 saturated carbocycles. The highest BCUT2D eigenvalue weighted by atomic mass is 19.1. The SMILES string of the molecule is CC(C)(C)OC(=O)NC(CCCCCC=CC1CC1CO)C(=O)N1CC(OC(=O)N2Cc3cccc(F)c3C2)CC1C(N)=O. The van der Waals surface area contributed by atoms with Crippen LogP contribution in [0, 0.1) is 17.7 Å². The van der Waals surface area contributed by atoms with Crippen LogP contribution in [0.15, 0.2) is 30.4 Å². The van der Waals surface area contributed by atoms with Gasteiger partial charge in [0.25, 0.3) is 0 Å². The second-order valence-corrected chi connectivity index (χ2v) is 13.0. The lowest BCUT2D eigenvalue weighted by molar-refractivity contribution is -0.139. The molecule has 242 valence electrons. The van der Waals surface area contributed by atoms with E-state index in [0.717, 1.165) is 25.7 Å². The number of likely N-dealkylation sites (tertiary alicyclic amines) is 1. The Hall–Kier alpha value is -3.67. The molecule has 0 radical (unpaired) electrons. The number of halogens is 1. The topological polar surface area (TPSA) is 151 Å². The molecule has 2 aliphatic heterocycles. The van der Waals surface area contributed by atoms with Crippen LogP contribution in [0.1, 0.15) is 76.8 Å². The maximum Gasteiger partial charge on any atom is 0.410 e. The van der Waals surface area contributed by atoms with E-state index >= 15 is 0 Å². The minimum Gasteiger partial charge on any atom is -0.444 e. The molecule has 1 aromatic carbocycles. The molecule has 3 aliphatic rings. The van der Waals surface area contributed by atoms with Crippen molar-refractivity contribution in [1.82, 2.24) is 15.1 Å². The van der Waals surface area contributed by atoms with Crippen LogP contribution in [0.4, 0.5) is 14.0 Å². The molecule has 0 spiro atoms. The summed E-state index contributed by atoms with van der Waals surface area (Å²) < 4.78 is 25.2. The van der Waals surface area contributed by atoms with Gasteiger partial charge < -0.3 is 30.5 Å². The van der Waals surface area contributed by atoms with Gasteiger partial charge >= 0.3 is 12.2 Å². The highest BCUT2D eigenvalue weighted by Gasteiger charge is 2.43. The van der Waals surface area contributed by atoms with Crippen LogP contribution in [-0.4, -0.2) is 75.8 Å². The normalized spacial score (nSPS) is 23.4. The smallest absolute Gasteiger partial charge is 0.410 e. The summed E-state index contributed by atoms with van der Waals surface area (Å²) >= 11 is 0. The lowest BCUT2D eigenvalue weighted by Crippen LogP contribution is -2.53. The number of hydrogen-bond donors (Lipinski definition) is 3. The fourth-order valence-electron chi connectivity index (χ4n) is 5.81. The van der Waals surface area contributed by atoms with Crippen LogP contribution >= 0.6 is 0 Å². The number of primary amides is 1. The van der Waals surface area contributed by atoms with Crippen LogP contribution in [0.3, 0.4) is 0 Å². The summed E-state index contributed by atoms with van der Waals surface area (Å²) in [5.74, 6) is -0.779. The van der Waals surface area contributed by atoms with Gasteiger partial charge in [0.2, 0.25) is 11.8 Å². The van der Waals surface area contributed by atoms with Gasteiger partial charge in [-0.2, -0.15) is 0 Å². The zero-order valence-electron chi connectivity index (χ0n) is 25.8. The van der Waals surface area contributed by atoms with Gasteiger partial charge in [-0.3, -0.25) is 14.5 Å². The monoisotopic (exact) mass is 616 g/mol. The predicted molar refractivity (Wildman–Crippen MR) is 159 cm³/mol. The molecule has 4 rings (SSSR count). The van der Waals surface area contributed by atoms with E-state index in [0.29, 0.717) is 35.8 Å². The number of amides is 4. The number of aliphatic hydroxyl groups excluding tert-OH is 1. The Morgan fingerprint density at radius 3 is 2.59 bits per heavy atom. The summed E-state index contributed by atoms with van der Waals surface area (Å²) in [6.45, 7) is 5.57. The first kappa shape index (κ1) is 33.2. The van der Waals surface area contributed by atoms with E-state index in [9.17, 15) is 23.6 Å². The van der Waals surface area contributed by atoms with E-state index in [4.69, 9.17) is 20.3 Å². The second kappa shape index (κ2) is 14.4. The largest absolute Gasteiger partial charge is 0.444 e. The number of ether oxygens (including phenoxy) is 2. The van der Waals surface area contributed by atoms with Crippen LogP contribution in [-0.2, 0) is 32.2 Å². The fraction of sp³-hybridized carbons (Fsp3) is 0.625. The van der Waals surface area contributed by atoms with E-state index in [1.165, 1.54) is 15.9 Å². The number of allylic oxidation sites excluding steroid dienone is 2. The van der Waals surface area contributed by atoms with Gasteiger partial charge in [0.15, 0.2) is 0 Å². The lowest BCUT2D eigenvalue weighted by atomic mass is 10.0. The van der Waals surface area contributed by atoms with E-state index in [1.807, 2.05) is 0 Å². The molecular formula is C32H45FN4O7. The molecule has 44 heavy (non-hydrogen) atoms. The number of alkyl carbamates (subject to hydrolysis) is 1. The van der Waals surface area contributed by atoms with Crippen molar-refractivity contribution in [3.05, 3.63) is 47.3 Å². The molecule has 11 nitrogen and oxygen atoms in total. The Bertz CT molecular complexity index is 1250. The average Bonchev–Trinajstić information content (AvgIpc) is 3.33. The average molecular weight is 617 g/mol. The molecular weight excluding hydrogens is 571 g/mol. The predicted octanol–water partition coefficient (Wildman–Crippen LogP) is 3.76. The molecule has 5 atom stereocenters. The van der Waals surface area contributed by atoms with Crippen molar-refractivity contribution in [3.63, 3.8) is 0 Å². The van der Waals surface area contributed by atoms with Crippen LogP contribution < -0.4 is 11.1 Å². The summed E-state index contributed by atoms with van der Waals surface area (Å²) in [6.07, 6.45) is 6.66. The van der Waals surface area contributed by atoms with E-state index < -0.39 is 53.6 Å². The number of benzene rings is 1. The van der Waals surface area contributed by atoms with Crippen LogP contribution in [0.25, 0.3) is 0 Å². The van der Waals surface area contributed by atoms with Gasteiger partial charge in [-0.25, -0.2) is 14.0 Å². The third kappa shape index (κ3) is 8.93. The summed E-state index contributed by atoms with van der Waals surface area (Å²) in [7, 11) is 0. The van der Waals surface area contributed by atoms with Gasteiger partial charge in [-0.05, 0) is 69.9 Å². The number of hydrogen-bond acceptors (Lipinski definition) is 7. The van der Waals surface area contributed by atoms with Gasteiger partial charge in [0.1, 0.15) is 29.6 Å². The Balaban J connectivity index is 1.34. The number of carbonyl (C=O) groups is 4. The van der Waals surface area contributed by atoms with Crippen molar-refractivity contribution >= 4 is 24.0 Å². The number of nitrogens with one attached hydrogen (secondary N) is 1. The molecule has 1 aliphatic carbocycles. The third-order valence-electron chi connectivity index (χ3n) is 8.27. The number of nitrogens with zero attached hydrogens (tertiary/aromatic N) is 2. The van der Waals surface area contributed by atoms with Crippen molar-refractivity contribution in [2.75, 3.05) is 13.2 Å². The quantitative estimate of drug-likeness (QED) is 0.239. The molecule has 1 aromatic rings. The minimum atomic E-state index is -1.02. The zero-order valence-corrected chi connectivity index (χ0v) is 25.8. The van der Waals surface area contributed by atoms with Crippen molar-refractivity contribution < 1.29 is 38.1 Å². The second-order valence-electron chi connectivity index (χ2n) is 13.0. The maximum atomic E-state index is 14.2. The van der Waals surface area contributed by atoms with Gasteiger partial charge in [-0.15, -0.1) is 0 Å². The third-order valence-corrected chi connectivity index (χ3v) is 8.27. The Morgan fingerprint density at radius 1 is 1.16 bits per heavy atom. The highest BCUT2D eigenvalue weighted by molar-refractivity contribution is 5.91. The Kier molecular flexibility index (Phi) is 10.9. The molecule has 2 fully saturated rings. The van der Waals surface area contributed by atoms with Gasteiger partial charge in [0.05, 0.1) is 13.1 Å². The molecule has 2 heterocycles. The van der Waals surface area contributed by atoms with E-state index in [1.54, 1.807) is 32.9 Å². The van der Waals surface area contributed by atoms with E-state index in [2.05, 4.69) is 17.5 Å². The fourth-order valence-corrected chi connectivity index (χ4v) is 5.81. The first-order valence-electron chi connectivity index (χ1n) is 15.4. The lowest BCUT2D eigenvalue weighted by Gasteiger charge is -2.28. The first-order valence-corrected chi connectivity index (χ1v) is 15.4. The van der Waals surface area contributed by atoms with Crippen molar-refractivity contribution in [3.8, 4) is 0 Å². The molecule has 4 amide bonds. The summed E-state index contributed by atoms with van der Waals surface area (Å²) in [5, 5.41) is 11.8. The molecule has 0 aromatic heterocycles. The molecule has 0 bridgehead atoms. The molecule has 5 unspecified atom stereocenters. The Labute approximate surface area is 257 Å². The standard InChI is InChI=1S/C32H45FN4O7/c1-32(2,3)44-30(41)35-26(13-8-6-4-5-7-10-20-14-22(20)19-38)29(40)37-17-23(15-27(37)28(34)39)43-31(42)36-16-21-11-9-12-25(33)24(21)18-36/h7,9-12,20,22-23,26-27,38H,4-6,8,13-19H2,1-3H3,(H2,34,39)(H,35,41). The van der Waals surface area contributed by atoms with Crippen molar-refractivity contribution in [2.24, 2.45) is 17.6 Å². The maximum absolute atomic E-state index is 14.2. The Morgan fingerprint density at radius 2 is 1.93 bits per heavy atom. The number of nitrogens with two attached hydrogens (primary N) is 1. The first-order chi connectivity index (χ1) is 20.9. The highest BCUT2D eigenvalue weighted by Crippen LogP contribution is 2.39. The molecule has 12 heteroatoms. The van der Waals surface area contributed by atoms with Crippen molar-refractivity contribution in [2.45, 2.75) is 103 Å². The summed E-state index contributed by atoms with van der Waals surface area (Å²) in [6, 6.07) is 2.69. The van der Waals surface area contributed by atoms with E-state index in [-0.39, 0.29) is 32.7 Å². The van der Waals surface area contributed by atoms with Gasteiger partial charge in [-0.1, -0.05) is 37.1 Å². The van der Waals surface area contributed by atoms with Crippen LogP contribution in [0.5, 0.6) is 0 Å². The minimum absolute atomic E-state index is 0.0194. The number of carbonyl (C=O) groups excluding carboxylic acids is 4. The van der Waals surface area contributed by atoms with Gasteiger partial charge in [0, 0.05) is 25.1 Å². The zero-order chi connectivity index (χ0) is 32.0. The number of unbranched alkanes of at least 4 members (excludes halogenated alkanes) is 3. The summed E-state index contributed by atoms with van der Waals surface area (Å²) in [4.78, 5) is 54.4. The van der Waals surface area contributed by atoms with Crippen molar-refractivity contribution in [1.29, 1.82) is 0 Å². The van der Waals surface area contributed by atoms with Crippen LogP contribution in [0.2, 0.25) is 0 Å².